The molecule has 3 atom stereocenters. The van der Waals surface area contributed by atoms with E-state index < -0.39 is 0 Å². The number of halogens is 2. The van der Waals surface area contributed by atoms with Gasteiger partial charge in [-0.3, -0.25) is 0 Å². The zero-order chi connectivity index (χ0) is 15.2. The topological polar surface area (TPSA) is 12.0 Å². The van der Waals surface area contributed by atoms with Gasteiger partial charge in [0, 0.05) is 0 Å². The average molecular weight is 356 g/mol. The van der Waals surface area contributed by atoms with Gasteiger partial charge in [0.25, 0.3) is 0 Å². The first-order valence-electron chi connectivity index (χ1n) is 8.31. The summed E-state index contributed by atoms with van der Waals surface area (Å²) in [6, 6.07) is 5.74. The molecule has 1 nitrogen and oxygen atoms in total. The first kappa shape index (κ1) is 17.0. The maximum Gasteiger partial charge on any atom is 0.140 e. The lowest BCUT2D eigenvalue weighted by Gasteiger charge is -2.36. The third kappa shape index (κ3) is 4.29. The van der Waals surface area contributed by atoms with Crippen molar-refractivity contribution in [3.8, 4) is 0 Å². The van der Waals surface area contributed by atoms with E-state index in [9.17, 15) is 4.39 Å². The van der Waals surface area contributed by atoms with Crippen molar-refractivity contribution >= 4 is 15.9 Å². The van der Waals surface area contributed by atoms with Gasteiger partial charge in [0.2, 0.25) is 0 Å². The van der Waals surface area contributed by atoms with E-state index >= 15 is 0 Å². The van der Waals surface area contributed by atoms with Gasteiger partial charge in [-0.1, -0.05) is 38.8 Å². The van der Waals surface area contributed by atoms with Gasteiger partial charge in [-0.05, 0) is 77.7 Å². The molecule has 1 saturated carbocycles. The van der Waals surface area contributed by atoms with Crippen LogP contribution < -0.4 is 5.32 Å². The fourth-order valence-electron chi connectivity index (χ4n) is 3.59. The van der Waals surface area contributed by atoms with Crippen LogP contribution in [0.25, 0.3) is 0 Å². The van der Waals surface area contributed by atoms with Gasteiger partial charge in [-0.25, -0.2) is 4.39 Å². The van der Waals surface area contributed by atoms with Crippen molar-refractivity contribution in [1.29, 1.82) is 0 Å². The molecule has 0 spiro atoms. The summed E-state index contributed by atoms with van der Waals surface area (Å²) in [5.41, 5.74) is 0.908. The highest BCUT2D eigenvalue weighted by Crippen LogP contribution is 2.43. The molecule has 0 bridgehead atoms. The van der Waals surface area contributed by atoms with Crippen molar-refractivity contribution in [3.05, 3.63) is 34.1 Å². The lowest BCUT2D eigenvalue weighted by atomic mass is 9.70. The van der Waals surface area contributed by atoms with Crippen LogP contribution in [0.15, 0.2) is 22.7 Å². The summed E-state index contributed by atoms with van der Waals surface area (Å²) in [5.74, 6) is 1.60. The molecule has 0 radical (unpaired) electrons. The predicted octanol–water partition coefficient (Wildman–Crippen LogP) is 5.50. The smallest absolute Gasteiger partial charge is 0.140 e. The average Bonchev–Trinajstić information content (AvgIpc) is 2.51. The lowest BCUT2D eigenvalue weighted by molar-refractivity contribution is 0.222. The van der Waals surface area contributed by atoms with Gasteiger partial charge >= 0.3 is 0 Å². The van der Waals surface area contributed by atoms with Crippen LogP contribution >= 0.6 is 15.9 Å². The Hall–Kier alpha value is -0.410. The largest absolute Gasteiger partial charge is 0.316 e. The monoisotopic (exact) mass is 355 g/mol. The Bertz CT molecular complexity index is 447. The van der Waals surface area contributed by atoms with Crippen LogP contribution in [0, 0.1) is 17.7 Å². The maximum absolute atomic E-state index is 14.5. The van der Waals surface area contributed by atoms with Gasteiger partial charge < -0.3 is 5.32 Å². The molecule has 1 aromatic rings. The third-order valence-corrected chi connectivity index (χ3v) is 5.51. The van der Waals surface area contributed by atoms with Gasteiger partial charge in [-0.15, -0.1) is 0 Å². The second kappa shape index (κ2) is 8.28. The zero-order valence-corrected chi connectivity index (χ0v) is 14.8. The van der Waals surface area contributed by atoms with E-state index in [2.05, 4.69) is 35.1 Å². The highest BCUT2D eigenvalue weighted by molar-refractivity contribution is 9.10. The summed E-state index contributed by atoms with van der Waals surface area (Å²) < 4.78 is 15.1. The minimum Gasteiger partial charge on any atom is -0.316 e. The van der Waals surface area contributed by atoms with Crippen molar-refractivity contribution in [2.45, 2.75) is 51.9 Å². The SMILES string of the molecule is CCCNCC1CCC(CC)CC1c1cccc(Br)c1F. The first-order valence-corrected chi connectivity index (χ1v) is 9.11. The van der Waals surface area contributed by atoms with Crippen LogP contribution in [-0.4, -0.2) is 13.1 Å². The number of hydrogen-bond donors (Lipinski definition) is 1. The van der Waals surface area contributed by atoms with E-state index in [4.69, 9.17) is 0 Å². The van der Waals surface area contributed by atoms with Crippen LogP contribution in [-0.2, 0) is 0 Å². The Morgan fingerprint density at radius 2 is 2.10 bits per heavy atom. The second-order valence-corrected chi connectivity index (χ2v) is 7.16. The number of rotatable bonds is 6. The summed E-state index contributed by atoms with van der Waals surface area (Å²) in [4.78, 5) is 0. The van der Waals surface area contributed by atoms with Crippen molar-refractivity contribution < 1.29 is 4.39 Å². The molecule has 0 aliphatic heterocycles. The summed E-state index contributed by atoms with van der Waals surface area (Å²) >= 11 is 3.34. The Morgan fingerprint density at radius 1 is 1.29 bits per heavy atom. The Kier molecular flexibility index (Phi) is 6.69. The Labute approximate surface area is 136 Å². The molecule has 1 aliphatic carbocycles. The Morgan fingerprint density at radius 3 is 2.81 bits per heavy atom. The number of benzene rings is 1. The quantitative estimate of drug-likeness (QED) is 0.664. The highest BCUT2D eigenvalue weighted by atomic mass is 79.9. The van der Waals surface area contributed by atoms with E-state index in [1.54, 1.807) is 6.07 Å². The molecule has 3 heteroatoms. The van der Waals surface area contributed by atoms with Gasteiger partial charge in [0.15, 0.2) is 0 Å². The van der Waals surface area contributed by atoms with E-state index in [1.165, 1.54) is 19.3 Å². The van der Waals surface area contributed by atoms with E-state index in [-0.39, 0.29) is 5.82 Å². The number of hydrogen-bond acceptors (Lipinski definition) is 1. The normalized spacial score (nSPS) is 26.0. The van der Waals surface area contributed by atoms with Crippen LogP contribution in [0.4, 0.5) is 4.39 Å². The van der Waals surface area contributed by atoms with E-state index in [1.807, 2.05) is 12.1 Å². The summed E-state index contributed by atoms with van der Waals surface area (Å²) in [6.07, 6.45) is 6.00. The van der Waals surface area contributed by atoms with Crippen LogP contribution in [0.3, 0.4) is 0 Å². The molecule has 1 aliphatic rings. The summed E-state index contributed by atoms with van der Waals surface area (Å²) in [7, 11) is 0. The molecule has 21 heavy (non-hydrogen) atoms. The van der Waals surface area contributed by atoms with E-state index in [0.29, 0.717) is 16.3 Å². The van der Waals surface area contributed by atoms with Gasteiger partial charge in [-0.2, -0.15) is 0 Å². The van der Waals surface area contributed by atoms with Crippen LogP contribution in [0.5, 0.6) is 0 Å². The molecule has 0 aromatic heterocycles. The van der Waals surface area contributed by atoms with E-state index in [0.717, 1.165) is 37.4 Å². The first-order chi connectivity index (χ1) is 10.2. The molecule has 1 aromatic carbocycles. The molecule has 0 amide bonds. The molecule has 118 valence electrons. The molecule has 0 heterocycles. The summed E-state index contributed by atoms with van der Waals surface area (Å²) in [6.45, 7) is 6.52. The van der Waals surface area contributed by atoms with Crippen LogP contribution in [0.2, 0.25) is 0 Å². The second-order valence-electron chi connectivity index (χ2n) is 6.30. The zero-order valence-electron chi connectivity index (χ0n) is 13.2. The lowest BCUT2D eigenvalue weighted by Crippen LogP contribution is -2.32. The molecule has 3 unspecified atom stereocenters. The third-order valence-electron chi connectivity index (χ3n) is 4.89. The minimum atomic E-state index is -0.0558. The molecular weight excluding hydrogens is 329 g/mol. The Balaban J connectivity index is 2.17. The van der Waals surface area contributed by atoms with Crippen molar-refractivity contribution in [1.82, 2.24) is 5.32 Å². The molecule has 1 fully saturated rings. The molecule has 1 N–H and O–H groups in total. The molecule has 0 saturated heterocycles. The molecular formula is C18H27BrFN. The maximum atomic E-state index is 14.5. The van der Waals surface area contributed by atoms with Gasteiger partial charge in [0.05, 0.1) is 4.47 Å². The van der Waals surface area contributed by atoms with Gasteiger partial charge in [0.1, 0.15) is 5.82 Å². The van der Waals surface area contributed by atoms with Crippen LogP contribution in [0.1, 0.15) is 57.4 Å². The van der Waals surface area contributed by atoms with Crippen molar-refractivity contribution in [3.63, 3.8) is 0 Å². The van der Waals surface area contributed by atoms with Crippen molar-refractivity contribution in [2.24, 2.45) is 11.8 Å². The van der Waals surface area contributed by atoms with Crippen molar-refractivity contribution in [2.75, 3.05) is 13.1 Å². The minimum absolute atomic E-state index is 0.0558. The fourth-order valence-corrected chi connectivity index (χ4v) is 3.97. The highest BCUT2D eigenvalue weighted by Gasteiger charge is 2.32. The number of nitrogens with one attached hydrogen (secondary N) is 1. The fraction of sp³-hybridized carbons (Fsp3) is 0.667. The summed E-state index contributed by atoms with van der Waals surface area (Å²) in [5, 5.41) is 3.54. The molecule has 2 rings (SSSR count). The predicted molar refractivity (Wildman–Crippen MR) is 91.1 cm³/mol. The standard InChI is InChI=1S/C18H27BrFN/c1-3-10-21-12-14-9-8-13(4-2)11-16(14)15-6-5-7-17(19)18(15)20/h5-7,13-14,16,21H,3-4,8-12H2,1-2H3.